The van der Waals surface area contributed by atoms with Crippen LogP contribution in [-0.2, 0) is 0 Å². The number of para-hydroxylation sites is 2. The molecular formula is C21H22N4S. The second-order valence-electron chi connectivity index (χ2n) is 6.75. The van der Waals surface area contributed by atoms with Crippen LogP contribution < -0.4 is 5.32 Å². The second kappa shape index (κ2) is 7.00. The van der Waals surface area contributed by atoms with Gasteiger partial charge in [-0.3, -0.25) is 4.40 Å². The molecule has 132 valence electrons. The fraction of sp³-hybridized carbons (Fsp3) is 0.238. The van der Waals surface area contributed by atoms with Crippen LogP contribution in [0.25, 0.3) is 27.9 Å². The third-order valence-corrected chi connectivity index (χ3v) is 5.14. The molecular weight excluding hydrogens is 340 g/mol. The predicted octanol–water partition coefficient (Wildman–Crippen LogP) is 5.34. The Morgan fingerprint density at radius 3 is 2.58 bits per heavy atom. The second-order valence-corrected chi connectivity index (χ2v) is 7.63. The van der Waals surface area contributed by atoms with E-state index in [1.807, 2.05) is 18.3 Å². The molecule has 0 aliphatic carbocycles. The lowest BCUT2D eigenvalue weighted by molar-refractivity contribution is 0.687. The number of aromatic nitrogens is 3. The first-order chi connectivity index (χ1) is 12.7. The van der Waals surface area contributed by atoms with Crippen LogP contribution in [0.3, 0.4) is 0 Å². The Balaban J connectivity index is 1.94. The van der Waals surface area contributed by atoms with Crippen LogP contribution in [-0.4, -0.2) is 27.2 Å². The summed E-state index contributed by atoms with van der Waals surface area (Å²) in [6.45, 7) is 5.25. The van der Waals surface area contributed by atoms with Crippen LogP contribution in [0.2, 0.25) is 0 Å². The Hall–Kier alpha value is -2.53. The quantitative estimate of drug-likeness (QED) is 0.487. The lowest BCUT2D eigenvalue weighted by atomic mass is 10.1. The van der Waals surface area contributed by atoms with E-state index in [0.717, 1.165) is 40.3 Å². The highest BCUT2D eigenvalue weighted by Crippen LogP contribution is 2.29. The molecule has 0 spiro atoms. The number of hydrogen-bond donors (Lipinski definition) is 1. The summed E-state index contributed by atoms with van der Waals surface area (Å²) in [4.78, 5) is 10.8. The van der Waals surface area contributed by atoms with Crippen molar-refractivity contribution in [2.24, 2.45) is 5.92 Å². The highest BCUT2D eigenvalue weighted by atomic mass is 32.2. The van der Waals surface area contributed by atoms with Crippen molar-refractivity contribution in [3.05, 3.63) is 54.7 Å². The van der Waals surface area contributed by atoms with Crippen LogP contribution in [0.1, 0.15) is 13.8 Å². The van der Waals surface area contributed by atoms with Gasteiger partial charge in [0.25, 0.3) is 0 Å². The van der Waals surface area contributed by atoms with E-state index in [1.54, 1.807) is 11.8 Å². The molecule has 0 aliphatic heterocycles. The van der Waals surface area contributed by atoms with Gasteiger partial charge in [-0.15, -0.1) is 11.8 Å². The molecule has 4 rings (SSSR count). The first-order valence-electron chi connectivity index (χ1n) is 8.82. The number of imidazole rings is 1. The molecule has 0 radical (unpaired) electrons. The highest BCUT2D eigenvalue weighted by Gasteiger charge is 2.14. The number of thioether (sulfide) groups is 1. The lowest BCUT2D eigenvalue weighted by Crippen LogP contribution is -2.11. The van der Waals surface area contributed by atoms with Gasteiger partial charge in [0.2, 0.25) is 0 Å². The van der Waals surface area contributed by atoms with Crippen molar-refractivity contribution in [1.29, 1.82) is 0 Å². The van der Waals surface area contributed by atoms with Gasteiger partial charge in [0, 0.05) is 17.0 Å². The van der Waals surface area contributed by atoms with Gasteiger partial charge < -0.3 is 5.32 Å². The summed E-state index contributed by atoms with van der Waals surface area (Å²) >= 11 is 1.75. The third kappa shape index (κ3) is 3.03. The van der Waals surface area contributed by atoms with Gasteiger partial charge in [0.05, 0.1) is 22.9 Å². The first kappa shape index (κ1) is 16.9. The van der Waals surface area contributed by atoms with E-state index in [-0.39, 0.29) is 0 Å². The predicted molar refractivity (Wildman–Crippen MR) is 111 cm³/mol. The molecule has 2 heterocycles. The molecule has 0 fully saturated rings. The maximum atomic E-state index is 4.81. The van der Waals surface area contributed by atoms with Crippen molar-refractivity contribution in [2.75, 3.05) is 18.1 Å². The summed E-state index contributed by atoms with van der Waals surface area (Å²) in [6.07, 6.45) is 4.03. The summed E-state index contributed by atoms with van der Waals surface area (Å²) in [5, 5.41) is 3.46. The van der Waals surface area contributed by atoms with Crippen molar-refractivity contribution in [1.82, 2.24) is 14.4 Å². The van der Waals surface area contributed by atoms with E-state index in [0.29, 0.717) is 5.92 Å². The van der Waals surface area contributed by atoms with Crippen molar-refractivity contribution >= 4 is 34.3 Å². The van der Waals surface area contributed by atoms with Crippen LogP contribution in [0, 0.1) is 5.92 Å². The van der Waals surface area contributed by atoms with Gasteiger partial charge in [-0.1, -0.05) is 38.1 Å². The van der Waals surface area contributed by atoms with Crippen LogP contribution in [0.5, 0.6) is 0 Å². The Kier molecular flexibility index (Phi) is 4.55. The molecule has 5 heteroatoms. The van der Waals surface area contributed by atoms with Gasteiger partial charge in [0.15, 0.2) is 11.5 Å². The monoisotopic (exact) mass is 362 g/mol. The topological polar surface area (TPSA) is 42.2 Å². The molecule has 0 aliphatic rings. The summed E-state index contributed by atoms with van der Waals surface area (Å²) in [6, 6.07) is 16.8. The largest absolute Gasteiger partial charge is 0.367 e. The molecule has 0 unspecified atom stereocenters. The van der Waals surface area contributed by atoms with Crippen LogP contribution in [0.15, 0.2) is 59.6 Å². The molecule has 0 saturated carbocycles. The zero-order valence-electron chi connectivity index (χ0n) is 15.2. The summed E-state index contributed by atoms with van der Waals surface area (Å²) in [5.74, 6) is 1.38. The minimum atomic E-state index is 0.539. The lowest BCUT2D eigenvalue weighted by Gasteiger charge is -2.12. The van der Waals surface area contributed by atoms with Crippen LogP contribution in [0.4, 0.5) is 5.82 Å². The van der Waals surface area contributed by atoms with Gasteiger partial charge in [-0.25, -0.2) is 9.97 Å². The number of rotatable bonds is 5. The Labute approximate surface area is 157 Å². The zero-order chi connectivity index (χ0) is 18.1. The minimum Gasteiger partial charge on any atom is -0.367 e. The van der Waals surface area contributed by atoms with E-state index in [4.69, 9.17) is 9.97 Å². The van der Waals surface area contributed by atoms with E-state index < -0.39 is 0 Å². The van der Waals surface area contributed by atoms with Crippen molar-refractivity contribution in [3.63, 3.8) is 0 Å². The smallest absolute Gasteiger partial charge is 0.181 e. The summed E-state index contributed by atoms with van der Waals surface area (Å²) < 4.78 is 2.21. The molecule has 0 saturated heterocycles. The maximum Gasteiger partial charge on any atom is 0.181 e. The average Bonchev–Trinajstić information content (AvgIpc) is 3.11. The van der Waals surface area contributed by atoms with Crippen molar-refractivity contribution in [2.45, 2.75) is 18.7 Å². The summed E-state index contributed by atoms with van der Waals surface area (Å²) in [7, 11) is 0. The number of anilines is 1. The molecule has 0 bridgehead atoms. The number of fused-ring (bicyclic) bond motifs is 3. The molecule has 0 amide bonds. The normalized spacial score (nSPS) is 11.5. The van der Waals surface area contributed by atoms with Gasteiger partial charge >= 0.3 is 0 Å². The number of hydrogen-bond acceptors (Lipinski definition) is 4. The first-order valence-corrected chi connectivity index (χ1v) is 10.0. The fourth-order valence-corrected chi connectivity index (χ4v) is 3.47. The zero-order valence-corrected chi connectivity index (χ0v) is 16.0. The minimum absolute atomic E-state index is 0.539. The van der Waals surface area contributed by atoms with E-state index >= 15 is 0 Å². The number of benzene rings is 2. The van der Waals surface area contributed by atoms with Gasteiger partial charge in [-0.2, -0.15) is 0 Å². The molecule has 4 aromatic rings. The molecule has 2 aromatic heterocycles. The Bertz CT molecular complexity index is 1050. The Morgan fingerprint density at radius 2 is 1.85 bits per heavy atom. The number of nitrogens with one attached hydrogen (secondary N) is 1. The van der Waals surface area contributed by atoms with E-state index in [1.165, 1.54) is 4.90 Å². The third-order valence-electron chi connectivity index (χ3n) is 4.39. The van der Waals surface area contributed by atoms with Crippen LogP contribution >= 0.6 is 11.8 Å². The molecule has 2 aromatic carbocycles. The van der Waals surface area contributed by atoms with Crippen molar-refractivity contribution in [3.8, 4) is 11.3 Å². The van der Waals surface area contributed by atoms with E-state index in [2.05, 4.69) is 66.2 Å². The molecule has 1 N–H and O–H groups in total. The molecule has 26 heavy (non-hydrogen) atoms. The number of nitrogens with zero attached hydrogens (tertiary/aromatic N) is 3. The van der Waals surface area contributed by atoms with Gasteiger partial charge in [0.1, 0.15) is 0 Å². The fourth-order valence-electron chi connectivity index (χ4n) is 3.07. The molecule has 4 nitrogen and oxygen atoms in total. The maximum absolute atomic E-state index is 4.81. The summed E-state index contributed by atoms with van der Waals surface area (Å²) in [5.41, 5.74) is 5.14. The average molecular weight is 363 g/mol. The van der Waals surface area contributed by atoms with Gasteiger partial charge in [-0.05, 0) is 36.4 Å². The standard InChI is InChI=1S/C21H22N4S/c1-14(2)12-22-20-21-23-13-19(15-8-10-16(26-3)11-9-15)25(21)18-7-5-4-6-17(18)24-20/h4-11,13-14H,12H2,1-3H3,(H,22,24). The van der Waals surface area contributed by atoms with E-state index in [9.17, 15) is 0 Å². The molecule has 0 atom stereocenters. The highest BCUT2D eigenvalue weighted by molar-refractivity contribution is 7.98. The Morgan fingerprint density at radius 1 is 1.08 bits per heavy atom. The van der Waals surface area contributed by atoms with Crippen molar-refractivity contribution < 1.29 is 0 Å². The SMILES string of the molecule is CSc1ccc(-c2cnc3c(NCC(C)C)nc4ccccc4n23)cc1.